The van der Waals surface area contributed by atoms with Crippen molar-refractivity contribution in [3.05, 3.63) is 58.6 Å². The number of carbonyl (C=O) groups is 1. The van der Waals surface area contributed by atoms with Crippen molar-refractivity contribution in [1.82, 2.24) is 10.6 Å². The maximum absolute atomic E-state index is 13.1. The number of carbonyl (C=O) groups excluding carboxylic acids is 1. The van der Waals surface area contributed by atoms with Gasteiger partial charge in [-0.2, -0.15) is 0 Å². The Balaban J connectivity index is 1.68. The summed E-state index contributed by atoms with van der Waals surface area (Å²) in [5.41, 5.74) is 7.27. The van der Waals surface area contributed by atoms with E-state index in [2.05, 4.69) is 10.6 Å². The summed E-state index contributed by atoms with van der Waals surface area (Å²) in [6.45, 7) is 1.75. The quantitative estimate of drug-likeness (QED) is 0.437. The van der Waals surface area contributed by atoms with Crippen molar-refractivity contribution in [1.29, 1.82) is 0 Å². The maximum atomic E-state index is 13.1. The molecule has 1 atom stereocenters. The summed E-state index contributed by atoms with van der Waals surface area (Å²) in [4.78, 5) is 13.1. The van der Waals surface area contributed by atoms with Crippen LogP contribution in [0.4, 0.5) is 5.69 Å². The number of anilines is 1. The zero-order valence-corrected chi connectivity index (χ0v) is 20.4. The Morgan fingerprint density at radius 2 is 1.94 bits per heavy atom. The molecule has 3 rings (SSSR count). The molecule has 0 aliphatic carbocycles. The molecule has 1 amide bonds. The largest absolute Gasteiger partial charge is 0.496 e. The summed E-state index contributed by atoms with van der Waals surface area (Å²) >= 11 is 6.14. The minimum Gasteiger partial charge on any atom is -0.496 e. The molecule has 1 saturated heterocycles. The first-order valence-corrected chi connectivity index (χ1v) is 13.4. The Hall–Kier alpha value is -2.29. The zero-order valence-electron chi connectivity index (χ0n) is 18.8. The van der Waals surface area contributed by atoms with Gasteiger partial charge in [0.15, 0.2) is 9.84 Å². The van der Waals surface area contributed by atoms with Crippen LogP contribution >= 0.6 is 11.6 Å². The number of sulfone groups is 1. The van der Waals surface area contributed by atoms with Crippen molar-refractivity contribution in [3.8, 4) is 5.75 Å². The average Bonchev–Trinajstić information content (AvgIpc) is 2.80. The van der Waals surface area contributed by atoms with Crippen LogP contribution in [0, 0.1) is 5.92 Å². The highest BCUT2D eigenvalue weighted by Gasteiger charge is 2.27. The first-order chi connectivity index (χ1) is 15.8. The fourth-order valence-corrected chi connectivity index (χ4v) is 5.87. The Kier molecular flexibility index (Phi) is 9.00. The normalized spacial score (nSPS) is 15.7. The molecule has 33 heavy (non-hydrogen) atoms. The fraction of sp³-hybridized carbons (Fsp3) is 0.458. The second-order valence-corrected chi connectivity index (χ2v) is 11.1. The summed E-state index contributed by atoms with van der Waals surface area (Å²) in [6.07, 6.45) is 2.89. The molecule has 2 aromatic rings. The van der Waals surface area contributed by atoms with Crippen LogP contribution in [0.25, 0.3) is 0 Å². The van der Waals surface area contributed by atoms with E-state index in [1.807, 2.05) is 30.3 Å². The van der Waals surface area contributed by atoms with Gasteiger partial charge in [-0.05, 0) is 56.3 Å². The molecule has 1 aliphatic heterocycles. The third-order valence-electron chi connectivity index (χ3n) is 6.03. The number of halogens is 1. The van der Waals surface area contributed by atoms with Gasteiger partial charge >= 0.3 is 0 Å². The number of nitrogen functional groups attached to an aromatic ring is 1. The Morgan fingerprint density at radius 3 is 2.61 bits per heavy atom. The third-order valence-corrected chi connectivity index (χ3v) is 8.04. The van der Waals surface area contributed by atoms with Crippen molar-refractivity contribution in [3.63, 3.8) is 0 Å². The molecule has 4 N–H and O–H groups in total. The molecule has 9 heteroatoms. The van der Waals surface area contributed by atoms with Gasteiger partial charge < -0.3 is 21.1 Å². The first-order valence-electron chi connectivity index (χ1n) is 11.2. The smallest absolute Gasteiger partial charge is 0.255 e. The number of methoxy groups -OCH3 is 1. The number of nitrogens with two attached hydrogens (primary N) is 1. The van der Waals surface area contributed by atoms with Gasteiger partial charge in [0, 0.05) is 12.1 Å². The molecule has 7 nitrogen and oxygen atoms in total. The van der Waals surface area contributed by atoms with Crippen molar-refractivity contribution < 1.29 is 17.9 Å². The number of benzene rings is 2. The van der Waals surface area contributed by atoms with Crippen molar-refractivity contribution >= 4 is 33.0 Å². The standard InChI is InChI=1S/C24H32ClN3O4S/c1-32-23-15-21(26)20(25)14-19(23)24(29)28-22(18-9-11-27-12-10-18)8-5-13-33(30,31)16-17-6-3-2-4-7-17/h2-4,6-7,14-15,18,22,27H,5,8-13,16,26H2,1H3,(H,28,29). The van der Waals surface area contributed by atoms with Gasteiger partial charge in [-0.1, -0.05) is 41.9 Å². The number of nitrogens with one attached hydrogen (secondary N) is 2. The monoisotopic (exact) mass is 493 g/mol. The highest BCUT2D eigenvalue weighted by Crippen LogP contribution is 2.29. The number of ether oxygens (including phenoxy) is 1. The lowest BCUT2D eigenvalue weighted by molar-refractivity contribution is 0.0908. The van der Waals surface area contributed by atoms with Crippen LogP contribution in [0.15, 0.2) is 42.5 Å². The summed E-state index contributed by atoms with van der Waals surface area (Å²) in [6, 6.07) is 12.1. The summed E-state index contributed by atoms with van der Waals surface area (Å²) in [5, 5.41) is 6.74. The number of amides is 1. The molecule has 1 unspecified atom stereocenters. The molecular formula is C24H32ClN3O4S. The molecule has 1 heterocycles. The van der Waals surface area contributed by atoms with Crippen LogP contribution < -0.4 is 21.1 Å². The van der Waals surface area contributed by atoms with Gasteiger partial charge in [-0.25, -0.2) is 8.42 Å². The van der Waals surface area contributed by atoms with Crippen LogP contribution in [0.3, 0.4) is 0 Å². The van der Waals surface area contributed by atoms with Crippen molar-refractivity contribution in [2.24, 2.45) is 5.92 Å². The van der Waals surface area contributed by atoms with Crippen molar-refractivity contribution in [2.75, 3.05) is 31.7 Å². The van der Waals surface area contributed by atoms with E-state index in [-0.39, 0.29) is 34.4 Å². The van der Waals surface area contributed by atoms with Gasteiger partial charge in [-0.3, -0.25) is 4.79 Å². The van der Waals surface area contributed by atoms with E-state index in [4.69, 9.17) is 22.1 Å². The van der Waals surface area contributed by atoms with Gasteiger partial charge in [-0.15, -0.1) is 0 Å². The van der Waals surface area contributed by atoms with Crippen LogP contribution in [-0.2, 0) is 15.6 Å². The lowest BCUT2D eigenvalue weighted by Crippen LogP contribution is -2.44. The van der Waals surface area contributed by atoms with Crippen molar-refractivity contribution in [2.45, 2.75) is 37.5 Å². The highest BCUT2D eigenvalue weighted by atomic mass is 35.5. The number of rotatable bonds is 10. The second-order valence-electron chi connectivity index (χ2n) is 8.46. The van der Waals surface area contributed by atoms with Crippen LogP contribution in [-0.4, -0.2) is 46.3 Å². The highest BCUT2D eigenvalue weighted by molar-refractivity contribution is 7.90. The third kappa shape index (κ3) is 7.35. The van der Waals surface area contributed by atoms with E-state index in [0.29, 0.717) is 29.8 Å². The Labute approximate surface area is 201 Å². The van der Waals surface area contributed by atoms with E-state index < -0.39 is 9.84 Å². The number of hydrogen-bond donors (Lipinski definition) is 3. The summed E-state index contributed by atoms with van der Waals surface area (Å²) in [7, 11) is -1.77. The molecule has 0 spiro atoms. The van der Waals surface area contributed by atoms with Crippen LogP contribution in [0.1, 0.15) is 41.6 Å². The lowest BCUT2D eigenvalue weighted by Gasteiger charge is -2.31. The molecule has 1 aliphatic rings. The lowest BCUT2D eigenvalue weighted by atomic mass is 9.87. The number of hydrogen-bond acceptors (Lipinski definition) is 6. The van der Waals surface area contributed by atoms with E-state index in [1.54, 1.807) is 0 Å². The predicted molar refractivity (Wildman–Crippen MR) is 132 cm³/mol. The van der Waals surface area contributed by atoms with E-state index in [0.717, 1.165) is 31.5 Å². The fourth-order valence-electron chi connectivity index (χ4n) is 4.26. The minimum absolute atomic E-state index is 0.0271. The van der Waals surface area contributed by atoms with E-state index >= 15 is 0 Å². The average molecular weight is 494 g/mol. The molecule has 0 bridgehead atoms. The van der Waals surface area contributed by atoms with Gasteiger partial charge in [0.05, 0.1) is 34.9 Å². The van der Waals surface area contributed by atoms with Crippen LogP contribution in [0.2, 0.25) is 5.02 Å². The molecule has 0 aromatic heterocycles. The van der Waals surface area contributed by atoms with Gasteiger partial charge in [0.1, 0.15) is 5.75 Å². The number of piperidine rings is 1. The minimum atomic E-state index is -3.24. The molecular weight excluding hydrogens is 462 g/mol. The molecule has 1 fully saturated rings. The summed E-state index contributed by atoms with van der Waals surface area (Å²) in [5.74, 6) is 0.422. The second kappa shape index (κ2) is 11.7. The Morgan fingerprint density at radius 1 is 1.24 bits per heavy atom. The molecule has 0 saturated carbocycles. The predicted octanol–water partition coefficient (Wildman–Crippen LogP) is 3.42. The summed E-state index contributed by atoms with van der Waals surface area (Å²) < 4.78 is 30.6. The van der Waals surface area contributed by atoms with Crippen LogP contribution in [0.5, 0.6) is 5.75 Å². The molecule has 0 radical (unpaired) electrons. The van der Waals surface area contributed by atoms with E-state index in [9.17, 15) is 13.2 Å². The van der Waals surface area contributed by atoms with E-state index in [1.165, 1.54) is 19.2 Å². The molecule has 2 aromatic carbocycles. The topological polar surface area (TPSA) is 111 Å². The molecule has 180 valence electrons. The van der Waals surface area contributed by atoms with Gasteiger partial charge in [0.2, 0.25) is 0 Å². The SMILES string of the molecule is COc1cc(N)c(Cl)cc1C(=O)NC(CCCS(=O)(=O)Cc1ccccc1)C1CCNCC1. The maximum Gasteiger partial charge on any atom is 0.255 e. The zero-order chi connectivity index (χ0) is 23.8. The van der Waals surface area contributed by atoms with Gasteiger partial charge in [0.25, 0.3) is 5.91 Å². The Bertz CT molecular complexity index is 1040. The first kappa shape index (κ1) is 25.3.